The third-order valence-corrected chi connectivity index (χ3v) is 7.03. The van der Waals surface area contributed by atoms with E-state index in [9.17, 15) is 31.9 Å². The number of rotatable bonds is 6. The lowest BCUT2D eigenvalue weighted by molar-refractivity contribution is -0.144. The maximum atomic E-state index is 14.9. The molecule has 0 unspecified atom stereocenters. The van der Waals surface area contributed by atoms with Crippen LogP contribution in [0.5, 0.6) is 11.5 Å². The maximum absolute atomic E-state index is 14.9. The average molecular weight is 587 g/mol. The Morgan fingerprint density at radius 1 is 1.08 bits per heavy atom. The first-order valence-electron chi connectivity index (χ1n) is 11.0. The third-order valence-electron chi connectivity index (χ3n) is 5.76. The molecule has 0 atom stereocenters. The summed E-state index contributed by atoms with van der Waals surface area (Å²) in [7, 11) is 3.76. The highest BCUT2D eigenvalue weighted by atomic mass is 35.5. The van der Waals surface area contributed by atoms with Gasteiger partial charge in [-0.1, -0.05) is 23.4 Å². The van der Waals surface area contributed by atoms with Crippen LogP contribution in [-0.4, -0.2) is 45.1 Å². The van der Waals surface area contributed by atoms with E-state index < -0.39 is 34.6 Å². The van der Waals surface area contributed by atoms with Gasteiger partial charge in [0, 0.05) is 24.7 Å². The predicted octanol–water partition coefficient (Wildman–Crippen LogP) is 4.13. The van der Waals surface area contributed by atoms with Crippen LogP contribution in [0.25, 0.3) is 5.69 Å². The molecule has 1 fully saturated rings. The summed E-state index contributed by atoms with van der Waals surface area (Å²) in [6.45, 7) is 0.0579. The second kappa shape index (κ2) is 10.8. The minimum Gasteiger partial charge on any atom is -0.497 e. The molecule has 1 amide bonds. The van der Waals surface area contributed by atoms with Crippen molar-refractivity contribution in [3.63, 3.8) is 0 Å². The zero-order valence-corrected chi connectivity index (χ0v) is 22.1. The van der Waals surface area contributed by atoms with E-state index in [4.69, 9.17) is 21.1 Å². The van der Waals surface area contributed by atoms with E-state index in [0.29, 0.717) is 17.1 Å². The zero-order valence-electron chi connectivity index (χ0n) is 20.5. The van der Waals surface area contributed by atoms with E-state index in [1.54, 1.807) is 18.2 Å². The first kappa shape index (κ1) is 28.2. The molecule has 0 spiro atoms. The van der Waals surface area contributed by atoms with Crippen LogP contribution in [0.3, 0.4) is 0 Å². The highest BCUT2D eigenvalue weighted by molar-refractivity contribution is 8.15. The molecule has 0 saturated carbocycles. The second-order valence-corrected chi connectivity index (χ2v) is 9.49. The van der Waals surface area contributed by atoms with Crippen molar-refractivity contribution in [1.82, 2.24) is 14.0 Å². The molecule has 4 rings (SSSR count). The Labute approximate surface area is 227 Å². The van der Waals surface area contributed by atoms with Gasteiger partial charge in [0.1, 0.15) is 23.0 Å². The molecule has 0 N–H and O–H groups in total. The highest BCUT2D eigenvalue weighted by Crippen LogP contribution is 2.34. The highest BCUT2D eigenvalue weighted by Gasteiger charge is 2.35. The first-order chi connectivity index (χ1) is 18.3. The Bertz CT molecular complexity index is 1620. The lowest BCUT2D eigenvalue weighted by atomic mass is 10.2. The van der Waals surface area contributed by atoms with Gasteiger partial charge in [-0.15, -0.1) is 0 Å². The van der Waals surface area contributed by atoms with Gasteiger partial charge in [0.15, 0.2) is 5.17 Å². The van der Waals surface area contributed by atoms with E-state index in [1.165, 1.54) is 19.1 Å². The summed E-state index contributed by atoms with van der Waals surface area (Å²) in [4.78, 5) is 43.5. The Balaban J connectivity index is 1.78. The topological polar surface area (TPSA) is 95.1 Å². The molecule has 2 aromatic carbocycles. The fraction of sp³-hybridized carbons (Fsp3) is 0.250. The number of thioether (sulfide) groups is 1. The lowest BCUT2D eigenvalue weighted by Gasteiger charge is -2.19. The molecule has 39 heavy (non-hydrogen) atoms. The molecular formula is C24H19ClF4N4O5S. The molecular weight excluding hydrogens is 568 g/mol. The molecule has 9 nitrogen and oxygen atoms in total. The number of amidine groups is 1. The van der Waals surface area contributed by atoms with Crippen molar-refractivity contribution in [2.75, 3.05) is 20.0 Å². The quantitative estimate of drug-likeness (QED) is 0.403. The van der Waals surface area contributed by atoms with E-state index >= 15 is 0 Å². The van der Waals surface area contributed by atoms with Crippen molar-refractivity contribution in [2.45, 2.75) is 12.7 Å². The normalized spacial score (nSPS) is 14.8. The van der Waals surface area contributed by atoms with Crippen molar-refractivity contribution in [2.24, 2.45) is 12.0 Å². The monoisotopic (exact) mass is 586 g/mol. The molecule has 1 aliphatic heterocycles. The summed E-state index contributed by atoms with van der Waals surface area (Å²) in [5.41, 5.74) is -4.46. The van der Waals surface area contributed by atoms with Gasteiger partial charge in [-0.2, -0.15) is 13.2 Å². The summed E-state index contributed by atoms with van der Waals surface area (Å²) in [6.07, 6.45) is -4.98. The zero-order chi connectivity index (χ0) is 28.6. The van der Waals surface area contributed by atoms with Crippen LogP contribution < -0.4 is 20.7 Å². The molecule has 1 aliphatic rings. The molecule has 0 aliphatic carbocycles. The molecule has 206 valence electrons. The number of nitrogens with zero attached hydrogens (tertiary/aromatic N) is 4. The first-order valence-corrected chi connectivity index (χ1v) is 12.3. The standard InChI is InChI=1S/C24H19ClF4N4O5S/c1-31-19(24(27,28)29)9-20(34)33(23(31)36)17-8-16(14(25)7-15(17)26)30-22-32(21(35)11-39-22)10-12-4-5-13(37-2)6-18(12)38-3/h4-9H,10-11H2,1-3H3/b30-22-. The number of carbonyl (C=O) groups excluding carboxylic acids is 1. The van der Waals surface area contributed by atoms with Crippen LogP contribution in [0.15, 0.2) is 51.0 Å². The molecule has 1 saturated heterocycles. The van der Waals surface area contributed by atoms with Crippen molar-refractivity contribution < 1.29 is 31.8 Å². The Kier molecular flexibility index (Phi) is 7.80. The van der Waals surface area contributed by atoms with Gasteiger partial charge in [0.05, 0.1) is 42.9 Å². The van der Waals surface area contributed by atoms with Crippen LogP contribution in [0, 0.1) is 5.82 Å². The number of hydrogen-bond donors (Lipinski definition) is 0. The Hall–Kier alpha value is -3.78. The van der Waals surface area contributed by atoms with Crippen LogP contribution in [0.2, 0.25) is 5.02 Å². The summed E-state index contributed by atoms with van der Waals surface area (Å²) < 4.78 is 65.5. The van der Waals surface area contributed by atoms with Gasteiger partial charge in [-0.3, -0.25) is 19.1 Å². The number of carbonyl (C=O) groups is 1. The van der Waals surface area contributed by atoms with Crippen LogP contribution in [-0.2, 0) is 24.6 Å². The fourth-order valence-electron chi connectivity index (χ4n) is 3.80. The minimum atomic E-state index is -4.98. The predicted molar refractivity (Wildman–Crippen MR) is 137 cm³/mol. The van der Waals surface area contributed by atoms with E-state index in [0.717, 1.165) is 30.9 Å². The molecule has 1 aromatic heterocycles. The summed E-state index contributed by atoms with van der Waals surface area (Å²) in [5.74, 6) is -0.386. The van der Waals surface area contributed by atoms with Crippen molar-refractivity contribution in [3.05, 3.63) is 79.3 Å². The van der Waals surface area contributed by atoms with Gasteiger partial charge in [0.25, 0.3) is 5.56 Å². The average Bonchev–Trinajstić information content (AvgIpc) is 3.22. The number of amides is 1. The van der Waals surface area contributed by atoms with Crippen molar-refractivity contribution in [1.29, 1.82) is 0 Å². The van der Waals surface area contributed by atoms with Gasteiger partial charge in [-0.05, 0) is 24.3 Å². The van der Waals surface area contributed by atoms with Gasteiger partial charge in [-0.25, -0.2) is 18.7 Å². The van der Waals surface area contributed by atoms with E-state index in [1.807, 2.05) is 0 Å². The van der Waals surface area contributed by atoms with Gasteiger partial charge < -0.3 is 9.47 Å². The number of ether oxygens (including phenoxy) is 2. The number of aromatic nitrogens is 2. The van der Waals surface area contributed by atoms with Crippen LogP contribution in [0.4, 0.5) is 23.2 Å². The Morgan fingerprint density at radius 2 is 1.79 bits per heavy atom. The minimum absolute atomic E-state index is 0.0435. The third kappa shape index (κ3) is 5.52. The number of methoxy groups -OCH3 is 2. The fourth-order valence-corrected chi connectivity index (χ4v) is 4.88. The number of alkyl halides is 3. The number of halogens is 5. The summed E-state index contributed by atoms with van der Waals surface area (Å²) >= 11 is 7.25. The van der Waals surface area contributed by atoms with E-state index in [-0.39, 0.29) is 49.3 Å². The number of benzene rings is 2. The second-order valence-electron chi connectivity index (χ2n) is 8.14. The molecule has 15 heteroatoms. The summed E-state index contributed by atoms with van der Waals surface area (Å²) in [5, 5.41) is -0.0348. The van der Waals surface area contributed by atoms with Crippen LogP contribution in [0.1, 0.15) is 11.3 Å². The van der Waals surface area contributed by atoms with Gasteiger partial charge >= 0.3 is 11.9 Å². The largest absolute Gasteiger partial charge is 0.497 e. The lowest BCUT2D eigenvalue weighted by Crippen LogP contribution is -2.41. The van der Waals surface area contributed by atoms with Crippen LogP contribution >= 0.6 is 23.4 Å². The maximum Gasteiger partial charge on any atom is 0.431 e. The summed E-state index contributed by atoms with van der Waals surface area (Å²) in [6, 6.07) is 6.96. The van der Waals surface area contributed by atoms with Crippen molar-refractivity contribution in [3.8, 4) is 17.2 Å². The Morgan fingerprint density at radius 3 is 2.44 bits per heavy atom. The molecule has 3 aromatic rings. The van der Waals surface area contributed by atoms with Gasteiger partial charge in [0.2, 0.25) is 5.91 Å². The number of hydrogen-bond acceptors (Lipinski definition) is 7. The smallest absolute Gasteiger partial charge is 0.431 e. The van der Waals surface area contributed by atoms with Crippen molar-refractivity contribution >= 4 is 40.1 Å². The van der Waals surface area contributed by atoms with E-state index in [2.05, 4.69) is 4.99 Å². The SMILES string of the molecule is COc1ccc(CN2C(=O)CS/C2=N\c2cc(-n3c(=O)cc(C(F)(F)F)n(C)c3=O)c(F)cc2Cl)c(OC)c1. The molecule has 0 bridgehead atoms. The number of aliphatic imine (C=N–C) groups is 1. The molecule has 0 radical (unpaired) electrons. The molecule has 2 heterocycles.